The van der Waals surface area contributed by atoms with Crippen LogP contribution in [0.1, 0.15) is 75.6 Å². The molecule has 1 saturated heterocycles. The van der Waals surface area contributed by atoms with Crippen molar-refractivity contribution in [2.45, 2.75) is 77.9 Å². The largest absolute Gasteiger partial charge is 0.463 e. The van der Waals surface area contributed by atoms with Crippen LogP contribution in [0.4, 0.5) is 4.79 Å². The molecule has 0 spiro atoms. The maximum atomic E-state index is 12.8. The predicted octanol–water partition coefficient (Wildman–Crippen LogP) is 5.78. The maximum absolute atomic E-state index is 12.8. The van der Waals surface area contributed by atoms with Crippen LogP contribution < -0.4 is 10.1 Å². The molecule has 2 aliphatic rings. The number of hydrogen-bond donors (Lipinski definition) is 1. The number of piperidine rings is 1. The molecule has 37 heavy (non-hydrogen) atoms. The topological polar surface area (TPSA) is 77.1 Å². The Hall–Kier alpha value is -3.32. The van der Waals surface area contributed by atoms with E-state index < -0.39 is 17.5 Å². The van der Waals surface area contributed by atoms with Gasteiger partial charge in [0.25, 0.3) is 0 Å². The van der Waals surface area contributed by atoms with Crippen LogP contribution in [-0.2, 0) is 27.4 Å². The van der Waals surface area contributed by atoms with Gasteiger partial charge in [-0.1, -0.05) is 36.4 Å². The van der Waals surface area contributed by atoms with Gasteiger partial charge in [-0.05, 0) is 68.4 Å². The fraction of sp³-hybridized carbons (Fsp3) is 0.467. The Morgan fingerprint density at radius 3 is 2.62 bits per heavy atom. The quantitative estimate of drug-likeness (QED) is 0.521. The number of fused-ring (bicyclic) bond motifs is 1. The molecule has 2 aromatic rings. The van der Waals surface area contributed by atoms with Gasteiger partial charge in [-0.15, -0.1) is 0 Å². The van der Waals surface area contributed by atoms with E-state index in [-0.39, 0.29) is 5.91 Å². The third-order valence-electron chi connectivity index (χ3n) is 6.51. The van der Waals surface area contributed by atoms with E-state index in [0.29, 0.717) is 32.2 Å². The van der Waals surface area contributed by atoms with Crippen molar-refractivity contribution >= 4 is 18.1 Å². The highest BCUT2D eigenvalue weighted by Crippen LogP contribution is 2.32. The van der Waals surface area contributed by atoms with E-state index in [4.69, 9.17) is 14.2 Å². The van der Waals surface area contributed by atoms with Gasteiger partial charge in [0.2, 0.25) is 11.7 Å². The van der Waals surface area contributed by atoms with Crippen LogP contribution in [0.15, 0.2) is 48.5 Å². The number of ether oxygens (including phenoxy) is 3. The van der Waals surface area contributed by atoms with Gasteiger partial charge in [-0.3, -0.25) is 4.79 Å². The zero-order valence-corrected chi connectivity index (χ0v) is 22.5. The second kappa shape index (κ2) is 11.0. The van der Waals surface area contributed by atoms with Crippen molar-refractivity contribution in [1.29, 1.82) is 0 Å². The van der Waals surface area contributed by atoms with Gasteiger partial charge in [-0.25, -0.2) is 4.79 Å². The van der Waals surface area contributed by atoms with Crippen molar-refractivity contribution in [2.24, 2.45) is 0 Å². The Balaban J connectivity index is 1.28. The average Bonchev–Trinajstić information content (AvgIpc) is 2.84. The van der Waals surface area contributed by atoms with Gasteiger partial charge in [0.05, 0.1) is 6.61 Å². The second-order valence-corrected chi connectivity index (χ2v) is 11.2. The summed E-state index contributed by atoms with van der Waals surface area (Å²) in [4.78, 5) is 26.7. The summed E-state index contributed by atoms with van der Waals surface area (Å²) in [6.07, 6.45) is 4.89. The molecule has 0 unspecified atom stereocenters. The van der Waals surface area contributed by atoms with Crippen molar-refractivity contribution in [2.75, 3.05) is 13.1 Å². The van der Waals surface area contributed by atoms with Gasteiger partial charge in [-0.2, -0.15) is 0 Å². The standard InChI is InChI=1S/C30H38N2O5/c1-29(2,3)37-28(34)31-19-22-7-6-8-24(17-22)23-13-15-32(16-14-23)27(33)12-10-21-9-11-25-20-35-30(4,5)36-26(25)18-21/h6-12,17-18,23H,13-16,19-20H2,1-5H3,(H,31,34)/b12-10+. The minimum absolute atomic E-state index is 0.0241. The molecule has 0 aliphatic carbocycles. The Morgan fingerprint density at radius 1 is 1.14 bits per heavy atom. The number of carbonyl (C=O) groups is 2. The van der Waals surface area contributed by atoms with Crippen molar-refractivity contribution in [1.82, 2.24) is 10.2 Å². The Bertz CT molecular complexity index is 1160. The number of nitrogens with zero attached hydrogens (tertiary/aromatic N) is 1. The lowest BCUT2D eigenvalue weighted by Crippen LogP contribution is -2.37. The zero-order valence-electron chi connectivity index (χ0n) is 22.5. The van der Waals surface area contributed by atoms with Gasteiger partial charge >= 0.3 is 6.09 Å². The number of amides is 2. The average molecular weight is 507 g/mol. The lowest BCUT2D eigenvalue weighted by molar-refractivity contribution is -0.180. The minimum atomic E-state index is -0.649. The van der Waals surface area contributed by atoms with Crippen LogP contribution in [0.25, 0.3) is 6.08 Å². The number of benzene rings is 2. The van der Waals surface area contributed by atoms with E-state index >= 15 is 0 Å². The number of likely N-dealkylation sites (tertiary alicyclic amines) is 1. The monoisotopic (exact) mass is 506 g/mol. The number of hydrogen-bond acceptors (Lipinski definition) is 5. The summed E-state index contributed by atoms with van der Waals surface area (Å²) in [5.41, 5.74) is 3.70. The maximum Gasteiger partial charge on any atom is 0.407 e. The molecule has 0 saturated carbocycles. The fourth-order valence-corrected chi connectivity index (χ4v) is 4.59. The molecule has 2 amide bonds. The number of carbonyl (C=O) groups excluding carboxylic acids is 2. The lowest BCUT2D eigenvalue weighted by Gasteiger charge is -2.32. The number of rotatable bonds is 5. The third-order valence-corrected chi connectivity index (χ3v) is 6.51. The van der Waals surface area contributed by atoms with E-state index in [2.05, 4.69) is 17.4 Å². The summed E-state index contributed by atoms with van der Waals surface area (Å²) in [5.74, 6) is 0.563. The molecule has 2 aliphatic heterocycles. The number of nitrogens with one attached hydrogen (secondary N) is 1. The van der Waals surface area contributed by atoms with E-state index in [1.165, 1.54) is 5.56 Å². The zero-order chi connectivity index (χ0) is 26.6. The van der Waals surface area contributed by atoms with Crippen LogP contribution in [0.2, 0.25) is 0 Å². The fourth-order valence-electron chi connectivity index (χ4n) is 4.59. The highest BCUT2D eigenvalue weighted by atomic mass is 16.7. The highest BCUT2D eigenvalue weighted by molar-refractivity contribution is 5.92. The lowest BCUT2D eigenvalue weighted by atomic mass is 9.88. The van der Waals surface area contributed by atoms with Crippen LogP contribution in [0.3, 0.4) is 0 Å². The van der Waals surface area contributed by atoms with E-state index in [1.807, 2.05) is 75.9 Å². The molecule has 7 nitrogen and oxygen atoms in total. The SMILES string of the molecule is CC(C)(C)OC(=O)NCc1cccc(C2CCN(C(=O)/C=C/c3ccc4c(c3)OC(C)(C)OC4)CC2)c1. The second-order valence-electron chi connectivity index (χ2n) is 11.2. The Morgan fingerprint density at radius 2 is 1.89 bits per heavy atom. The third kappa shape index (κ3) is 7.59. The highest BCUT2D eigenvalue weighted by Gasteiger charge is 2.27. The Labute approximate surface area is 219 Å². The van der Waals surface area contributed by atoms with Crippen molar-refractivity contribution in [3.8, 4) is 5.75 Å². The minimum Gasteiger partial charge on any atom is -0.463 e. The first kappa shape index (κ1) is 26.7. The van der Waals surface area contributed by atoms with E-state index in [1.54, 1.807) is 6.08 Å². The molecule has 0 bridgehead atoms. The molecule has 1 fully saturated rings. The van der Waals surface area contributed by atoms with Crippen LogP contribution in [0.5, 0.6) is 5.75 Å². The van der Waals surface area contributed by atoms with E-state index in [9.17, 15) is 9.59 Å². The molecule has 4 rings (SSSR count). The first-order valence-electron chi connectivity index (χ1n) is 13.0. The molecule has 198 valence electrons. The molecule has 2 heterocycles. The van der Waals surface area contributed by atoms with Gasteiger partial charge < -0.3 is 24.4 Å². The van der Waals surface area contributed by atoms with Crippen LogP contribution in [0, 0.1) is 0 Å². The molecule has 2 aromatic carbocycles. The van der Waals surface area contributed by atoms with Crippen LogP contribution >= 0.6 is 0 Å². The molecule has 7 heteroatoms. The molecule has 1 N–H and O–H groups in total. The van der Waals surface area contributed by atoms with E-state index in [0.717, 1.165) is 35.3 Å². The predicted molar refractivity (Wildman–Crippen MR) is 143 cm³/mol. The van der Waals surface area contributed by atoms with Gasteiger partial charge in [0.15, 0.2) is 0 Å². The summed E-state index contributed by atoms with van der Waals surface area (Å²) in [7, 11) is 0. The van der Waals surface area contributed by atoms with Crippen molar-refractivity contribution < 1.29 is 23.8 Å². The summed E-state index contributed by atoms with van der Waals surface area (Å²) in [6, 6.07) is 14.2. The first-order valence-corrected chi connectivity index (χ1v) is 13.0. The smallest absolute Gasteiger partial charge is 0.407 e. The van der Waals surface area contributed by atoms with Crippen molar-refractivity contribution in [3.63, 3.8) is 0 Å². The normalized spacial score (nSPS) is 17.7. The van der Waals surface area contributed by atoms with Crippen LogP contribution in [-0.4, -0.2) is 41.4 Å². The molecule has 0 aromatic heterocycles. The summed E-state index contributed by atoms with van der Waals surface area (Å²) in [5, 5.41) is 2.82. The summed E-state index contributed by atoms with van der Waals surface area (Å²) >= 11 is 0. The molecular formula is C30H38N2O5. The number of alkyl carbamates (subject to hydrolysis) is 1. The first-order chi connectivity index (χ1) is 17.5. The molecular weight excluding hydrogens is 468 g/mol. The Kier molecular flexibility index (Phi) is 7.93. The molecule has 0 radical (unpaired) electrons. The summed E-state index contributed by atoms with van der Waals surface area (Å²) < 4.78 is 16.9. The molecule has 0 atom stereocenters. The van der Waals surface area contributed by atoms with Crippen molar-refractivity contribution in [3.05, 3.63) is 70.8 Å². The summed E-state index contributed by atoms with van der Waals surface area (Å²) in [6.45, 7) is 11.7. The van der Waals surface area contributed by atoms with Gasteiger partial charge in [0, 0.05) is 45.1 Å². The van der Waals surface area contributed by atoms with Gasteiger partial charge in [0.1, 0.15) is 11.4 Å².